The average Bonchev–Trinajstić information content (AvgIpc) is 2.39. The third-order valence-electron chi connectivity index (χ3n) is 3.02. The van der Waals surface area contributed by atoms with Crippen LogP contribution < -0.4 is 10.5 Å². The van der Waals surface area contributed by atoms with Crippen molar-refractivity contribution in [1.29, 1.82) is 0 Å². The molecule has 2 N–H and O–H groups in total. The number of aryl methyl sites for hydroxylation is 1. The SMILES string of the molecule is Cc1ccc(OCc2c(F)cccc2Cl)c(CC(C)N)n1. The van der Waals surface area contributed by atoms with Crippen molar-refractivity contribution in [2.24, 2.45) is 5.73 Å². The number of ether oxygens (including phenoxy) is 1. The molecule has 0 aliphatic rings. The van der Waals surface area contributed by atoms with Gasteiger partial charge < -0.3 is 10.5 Å². The molecular formula is C16H18ClFN2O. The topological polar surface area (TPSA) is 48.1 Å². The van der Waals surface area contributed by atoms with Gasteiger partial charge in [0.2, 0.25) is 0 Å². The lowest BCUT2D eigenvalue weighted by molar-refractivity contribution is 0.294. The van der Waals surface area contributed by atoms with Gasteiger partial charge in [-0.25, -0.2) is 4.39 Å². The molecule has 112 valence electrons. The lowest BCUT2D eigenvalue weighted by atomic mass is 10.1. The van der Waals surface area contributed by atoms with Crippen LogP contribution in [0.2, 0.25) is 5.02 Å². The van der Waals surface area contributed by atoms with Crippen molar-refractivity contribution in [3.8, 4) is 5.75 Å². The Morgan fingerprint density at radius 2 is 2.10 bits per heavy atom. The van der Waals surface area contributed by atoms with Crippen molar-refractivity contribution in [2.45, 2.75) is 32.9 Å². The van der Waals surface area contributed by atoms with Crippen molar-refractivity contribution in [1.82, 2.24) is 4.98 Å². The third-order valence-corrected chi connectivity index (χ3v) is 3.37. The minimum Gasteiger partial charge on any atom is -0.487 e. The van der Waals surface area contributed by atoms with Gasteiger partial charge in [0.25, 0.3) is 0 Å². The Labute approximate surface area is 128 Å². The predicted molar refractivity (Wildman–Crippen MR) is 82.1 cm³/mol. The lowest BCUT2D eigenvalue weighted by Gasteiger charge is -2.14. The van der Waals surface area contributed by atoms with E-state index in [4.69, 9.17) is 22.1 Å². The van der Waals surface area contributed by atoms with E-state index >= 15 is 0 Å². The van der Waals surface area contributed by atoms with E-state index in [0.29, 0.717) is 22.8 Å². The number of pyridine rings is 1. The van der Waals surface area contributed by atoms with Gasteiger partial charge in [0.05, 0.1) is 10.7 Å². The van der Waals surface area contributed by atoms with Crippen molar-refractivity contribution in [3.05, 3.63) is 58.1 Å². The van der Waals surface area contributed by atoms with Crippen molar-refractivity contribution >= 4 is 11.6 Å². The molecule has 0 radical (unpaired) electrons. The number of rotatable bonds is 5. The van der Waals surface area contributed by atoms with Gasteiger partial charge in [-0.05, 0) is 38.1 Å². The summed E-state index contributed by atoms with van der Waals surface area (Å²) in [7, 11) is 0. The van der Waals surface area contributed by atoms with Gasteiger partial charge in [-0.15, -0.1) is 0 Å². The molecule has 1 atom stereocenters. The molecule has 0 saturated heterocycles. The van der Waals surface area contributed by atoms with Gasteiger partial charge in [-0.1, -0.05) is 17.7 Å². The normalized spacial score (nSPS) is 12.2. The standard InChI is InChI=1S/C16H18ClFN2O/c1-10(19)8-15-16(7-6-11(2)20-15)21-9-12-13(17)4-3-5-14(12)18/h3-7,10H,8-9,19H2,1-2H3. The number of aromatic nitrogens is 1. The van der Waals surface area contributed by atoms with Crippen LogP contribution in [0.25, 0.3) is 0 Å². The zero-order valence-corrected chi connectivity index (χ0v) is 12.8. The fraction of sp³-hybridized carbons (Fsp3) is 0.312. The number of hydrogen-bond acceptors (Lipinski definition) is 3. The molecular weight excluding hydrogens is 291 g/mol. The van der Waals surface area contributed by atoms with Crippen molar-refractivity contribution in [2.75, 3.05) is 0 Å². The van der Waals surface area contributed by atoms with E-state index < -0.39 is 0 Å². The van der Waals surface area contributed by atoms with Crippen LogP contribution in [0, 0.1) is 12.7 Å². The zero-order valence-electron chi connectivity index (χ0n) is 12.1. The highest BCUT2D eigenvalue weighted by molar-refractivity contribution is 6.31. The van der Waals surface area contributed by atoms with Gasteiger partial charge in [-0.3, -0.25) is 4.98 Å². The van der Waals surface area contributed by atoms with Crippen LogP contribution in [0.5, 0.6) is 5.75 Å². The molecule has 2 rings (SSSR count). The van der Waals surface area contributed by atoms with Crippen LogP contribution in [0.1, 0.15) is 23.9 Å². The highest BCUT2D eigenvalue weighted by Gasteiger charge is 2.12. The summed E-state index contributed by atoms with van der Waals surface area (Å²) >= 11 is 5.99. The maximum Gasteiger partial charge on any atom is 0.141 e. The molecule has 0 aliphatic heterocycles. The van der Waals surface area contributed by atoms with Crippen LogP contribution in [-0.2, 0) is 13.0 Å². The minimum absolute atomic E-state index is 0.0290. The molecule has 1 aromatic carbocycles. The maximum atomic E-state index is 13.7. The Morgan fingerprint density at radius 1 is 1.33 bits per heavy atom. The van der Waals surface area contributed by atoms with Crippen LogP contribution in [0.15, 0.2) is 30.3 Å². The lowest BCUT2D eigenvalue weighted by Crippen LogP contribution is -2.19. The Bertz CT molecular complexity index is 611. The largest absolute Gasteiger partial charge is 0.487 e. The number of benzene rings is 1. The molecule has 1 heterocycles. The zero-order chi connectivity index (χ0) is 15.4. The van der Waals surface area contributed by atoms with E-state index in [1.54, 1.807) is 12.1 Å². The first kappa shape index (κ1) is 15.7. The first-order valence-electron chi connectivity index (χ1n) is 6.75. The monoisotopic (exact) mass is 308 g/mol. The van der Waals surface area contributed by atoms with Crippen LogP contribution in [0.3, 0.4) is 0 Å². The summed E-state index contributed by atoms with van der Waals surface area (Å²) in [5, 5.41) is 0.351. The molecule has 0 aliphatic carbocycles. The number of nitrogens with two attached hydrogens (primary N) is 1. The number of hydrogen-bond donors (Lipinski definition) is 1. The minimum atomic E-state index is -0.378. The Balaban J connectivity index is 2.20. The smallest absolute Gasteiger partial charge is 0.141 e. The second-order valence-electron chi connectivity index (χ2n) is 5.07. The first-order chi connectivity index (χ1) is 9.97. The Kier molecular flexibility index (Phi) is 5.15. The summed E-state index contributed by atoms with van der Waals surface area (Å²) in [5.74, 6) is 0.230. The van der Waals surface area contributed by atoms with E-state index in [2.05, 4.69) is 4.98 Å². The van der Waals surface area contributed by atoms with Gasteiger partial charge in [-0.2, -0.15) is 0 Å². The van der Waals surface area contributed by atoms with E-state index in [1.807, 2.05) is 26.0 Å². The second-order valence-corrected chi connectivity index (χ2v) is 5.47. The van der Waals surface area contributed by atoms with E-state index in [-0.39, 0.29) is 18.5 Å². The van der Waals surface area contributed by atoms with Gasteiger partial charge >= 0.3 is 0 Å². The summed E-state index contributed by atoms with van der Waals surface area (Å²) in [6, 6.07) is 8.22. The summed E-state index contributed by atoms with van der Waals surface area (Å²) in [6.07, 6.45) is 0.599. The van der Waals surface area contributed by atoms with Crippen LogP contribution >= 0.6 is 11.6 Å². The highest BCUT2D eigenvalue weighted by atomic mass is 35.5. The molecule has 0 fully saturated rings. The summed E-state index contributed by atoms with van der Waals surface area (Å²) in [5.41, 5.74) is 7.83. The fourth-order valence-electron chi connectivity index (χ4n) is 2.00. The molecule has 5 heteroatoms. The Hall–Kier alpha value is -1.65. The summed E-state index contributed by atoms with van der Waals surface area (Å²) in [4.78, 5) is 4.44. The summed E-state index contributed by atoms with van der Waals surface area (Å²) in [6.45, 7) is 3.87. The quantitative estimate of drug-likeness (QED) is 0.917. The predicted octanol–water partition coefficient (Wildman–Crippen LogP) is 3.65. The van der Waals surface area contributed by atoms with E-state index in [1.165, 1.54) is 6.07 Å². The molecule has 0 bridgehead atoms. The maximum absolute atomic E-state index is 13.7. The third kappa shape index (κ3) is 4.16. The van der Waals surface area contributed by atoms with Crippen LogP contribution in [-0.4, -0.2) is 11.0 Å². The molecule has 3 nitrogen and oxygen atoms in total. The van der Waals surface area contributed by atoms with Crippen molar-refractivity contribution in [3.63, 3.8) is 0 Å². The number of halogens is 2. The molecule has 1 unspecified atom stereocenters. The van der Waals surface area contributed by atoms with Gasteiger partial charge in [0.15, 0.2) is 0 Å². The number of nitrogens with zero attached hydrogens (tertiary/aromatic N) is 1. The highest BCUT2D eigenvalue weighted by Crippen LogP contribution is 2.24. The molecule has 0 spiro atoms. The Morgan fingerprint density at radius 3 is 2.76 bits per heavy atom. The first-order valence-corrected chi connectivity index (χ1v) is 7.13. The molecule has 1 aromatic heterocycles. The van der Waals surface area contributed by atoms with Gasteiger partial charge in [0.1, 0.15) is 18.2 Å². The van der Waals surface area contributed by atoms with E-state index in [0.717, 1.165) is 11.4 Å². The molecule has 0 amide bonds. The van der Waals surface area contributed by atoms with Crippen molar-refractivity contribution < 1.29 is 9.13 Å². The fourth-order valence-corrected chi connectivity index (χ4v) is 2.22. The van der Waals surface area contributed by atoms with Gasteiger partial charge in [0, 0.05) is 23.7 Å². The molecule has 21 heavy (non-hydrogen) atoms. The second kappa shape index (κ2) is 6.87. The molecule has 2 aromatic rings. The average molecular weight is 309 g/mol. The summed E-state index contributed by atoms with van der Waals surface area (Å²) < 4.78 is 19.4. The molecule has 0 saturated carbocycles. The van der Waals surface area contributed by atoms with Crippen LogP contribution in [0.4, 0.5) is 4.39 Å². The van der Waals surface area contributed by atoms with E-state index in [9.17, 15) is 4.39 Å².